The molecular weight excluding hydrogens is 324 g/mol. The van der Waals surface area contributed by atoms with Gasteiger partial charge in [0.05, 0.1) is 4.92 Å². The molecule has 0 saturated heterocycles. The lowest BCUT2D eigenvalue weighted by Crippen LogP contribution is -2.42. The summed E-state index contributed by atoms with van der Waals surface area (Å²) in [6.45, 7) is 3.08. The minimum Gasteiger partial charge on any atom is -0.480 e. The molecule has 1 amide bonds. The smallest absolute Gasteiger partial charge is 0.326 e. The van der Waals surface area contributed by atoms with E-state index in [0.29, 0.717) is 11.1 Å². The van der Waals surface area contributed by atoms with Gasteiger partial charge >= 0.3 is 5.97 Å². The lowest BCUT2D eigenvalue weighted by molar-refractivity contribution is -0.386. The van der Waals surface area contributed by atoms with E-state index in [4.69, 9.17) is 0 Å². The number of carboxylic acid groups (broad SMARTS) is 1. The Hall–Kier alpha value is -3.22. The van der Waals surface area contributed by atoms with E-state index in [2.05, 4.69) is 5.32 Å². The Morgan fingerprint density at radius 3 is 2.20 bits per heavy atom. The number of aryl methyl sites for hydroxylation is 2. The molecule has 0 aliphatic rings. The van der Waals surface area contributed by atoms with Crippen LogP contribution in [0.3, 0.4) is 0 Å². The second kappa shape index (κ2) is 7.57. The Morgan fingerprint density at radius 2 is 1.72 bits per heavy atom. The van der Waals surface area contributed by atoms with Gasteiger partial charge in [0.2, 0.25) is 0 Å². The minimum atomic E-state index is -1.15. The normalized spacial score (nSPS) is 11.6. The number of carbonyl (C=O) groups is 2. The number of aliphatic carboxylic acids is 1. The lowest BCUT2D eigenvalue weighted by Gasteiger charge is -2.15. The van der Waals surface area contributed by atoms with Gasteiger partial charge in [0, 0.05) is 23.1 Å². The molecule has 130 valence electrons. The maximum atomic E-state index is 12.4. The van der Waals surface area contributed by atoms with Gasteiger partial charge in [-0.2, -0.15) is 0 Å². The van der Waals surface area contributed by atoms with Crippen LogP contribution >= 0.6 is 0 Å². The van der Waals surface area contributed by atoms with E-state index in [0.717, 1.165) is 5.56 Å². The quantitative estimate of drug-likeness (QED) is 0.619. The van der Waals surface area contributed by atoms with Gasteiger partial charge in [-0.15, -0.1) is 0 Å². The van der Waals surface area contributed by atoms with Gasteiger partial charge in [-0.25, -0.2) is 4.79 Å². The first-order chi connectivity index (χ1) is 11.8. The van der Waals surface area contributed by atoms with E-state index in [1.807, 2.05) is 6.07 Å². The maximum absolute atomic E-state index is 12.4. The molecule has 25 heavy (non-hydrogen) atoms. The number of hydrogen-bond acceptors (Lipinski definition) is 4. The minimum absolute atomic E-state index is 0.0457. The molecule has 1 atom stereocenters. The van der Waals surface area contributed by atoms with Gasteiger partial charge in [-0.3, -0.25) is 14.9 Å². The zero-order valence-corrected chi connectivity index (χ0v) is 13.9. The van der Waals surface area contributed by atoms with Crippen molar-refractivity contribution in [3.05, 3.63) is 74.8 Å². The van der Waals surface area contributed by atoms with Crippen molar-refractivity contribution in [3.63, 3.8) is 0 Å². The van der Waals surface area contributed by atoms with E-state index in [-0.39, 0.29) is 17.7 Å². The highest BCUT2D eigenvalue weighted by molar-refractivity contribution is 5.97. The van der Waals surface area contributed by atoms with Crippen molar-refractivity contribution in [3.8, 4) is 0 Å². The average Bonchev–Trinajstić information content (AvgIpc) is 2.53. The van der Waals surface area contributed by atoms with Crippen LogP contribution in [0.15, 0.2) is 42.5 Å². The fraction of sp³-hybridized carbons (Fsp3) is 0.222. The third-order valence-corrected chi connectivity index (χ3v) is 3.82. The van der Waals surface area contributed by atoms with Crippen molar-refractivity contribution in [2.24, 2.45) is 0 Å². The highest BCUT2D eigenvalue weighted by Gasteiger charge is 2.23. The molecule has 0 bridgehead atoms. The Balaban J connectivity index is 2.21. The molecule has 2 aromatic carbocycles. The second-order valence-corrected chi connectivity index (χ2v) is 5.77. The van der Waals surface area contributed by atoms with Crippen molar-refractivity contribution in [2.45, 2.75) is 26.3 Å². The molecule has 0 saturated carbocycles. The number of rotatable bonds is 6. The number of nitro groups is 1. The fourth-order valence-electron chi connectivity index (χ4n) is 2.67. The Morgan fingerprint density at radius 1 is 1.16 bits per heavy atom. The molecule has 7 heteroatoms. The number of nitrogens with zero attached hydrogens (tertiary/aromatic N) is 1. The molecule has 0 fully saturated rings. The predicted octanol–water partition coefficient (Wildman–Crippen LogP) is 2.64. The van der Waals surface area contributed by atoms with Crippen LogP contribution in [0.25, 0.3) is 0 Å². The van der Waals surface area contributed by atoms with Gasteiger partial charge in [0.25, 0.3) is 11.6 Å². The molecule has 0 aliphatic carbocycles. The maximum Gasteiger partial charge on any atom is 0.326 e. The van der Waals surface area contributed by atoms with Crippen molar-refractivity contribution in [2.75, 3.05) is 0 Å². The summed E-state index contributed by atoms with van der Waals surface area (Å²) < 4.78 is 0. The van der Waals surface area contributed by atoms with Crippen LogP contribution in [0.4, 0.5) is 5.69 Å². The highest BCUT2D eigenvalue weighted by atomic mass is 16.6. The van der Waals surface area contributed by atoms with Crippen molar-refractivity contribution < 1.29 is 19.6 Å². The molecule has 2 rings (SSSR count). The van der Waals surface area contributed by atoms with Crippen LogP contribution in [0, 0.1) is 24.0 Å². The van der Waals surface area contributed by atoms with Crippen molar-refractivity contribution in [1.29, 1.82) is 0 Å². The number of nitrogens with one attached hydrogen (secondary N) is 1. The molecule has 0 radical (unpaired) electrons. The third kappa shape index (κ3) is 4.41. The molecule has 7 nitrogen and oxygen atoms in total. The van der Waals surface area contributed by atoms with Crippen LogP contribution in [0.5, 0.6) is 0 Å². The van der Waals surface area contributed by atoms with Gasteiger partial charge in [-0.1, -0.05) is 30.3 Å². The number of carboxylic acids is 1. The van der Waals surface area contributed by atoms with E-state index in [1.54, 1.807) is 38.1 Å². The Bertz CT molecular complexity index is 794. The Kier molecular flexibility index (Phi) is 5.49. The number of amides is 1. The SMILES string of the molecule is Cc1cc(C(=O)N[C@H](Cc2ccccc2)C(=O)O)cc(C)c1[N+](=O)[O-]. The number of carbonyl (C=O) groups excluding carboxylic acids is 1. The van der Waals surface area contributed by atoms with Gasteiger partial charge in [-0.05, 0) is 31.5 Å². The molecule has 0 aliphatic heterocycles. The molecular formula is C18H18N2O5. The summed E-state index contributed by atoms with van der Waals surface area (Å²) in [5.41, 5.74) is 1.64. The van der Waals surface area contributed by atoms with E-state index in [1.165, 1.54) is 12.1 Å². The first kappa shape index (κ1) is 18.1. The summed E-state index contributed by atoms with van der Waals surface area (Å²) in [6.07, 6.45) is 0.146. The summed E-state index contributed by atoms with van der Waals surface area (Å²) in [5, 5.41) is 22.8. The van der Waals surface area contributed by atoms with Gasteiger partial charge in [0.1, 0.15) is 6.04 Å². The molecule has 0 aromatic heterocycles. The third-order valence-electron chi connectivity index (χ3n) is 3.82. The van der Waals surface area contributed by atoms with E-state index in [9.17, 15) is 24.8 Å². The standard InChI is InChI=1S/C18H18N2O5/c1-11-8-14(9-12(2)16(11)20(24)25)17(21)19-15(18(22)23)10-13-6-4-3-5-7-13/h3-9,15H,10H2,1-2H3,(H,19,21)(H,22,23)/t15-/m1/s1. The monoisotopic (exact) mass is 342 g/mol. The van der Waals surface area contributed by atoms with E-state index >= 15 is 0 Å². The van der Waals surface area contributed by atoms with Gasteiger partial charge in [0.15, 0.2) is 0 Å². The number of benzene rings is 2. The summed E-state index contributed by atoms with van der Waals surface area (Å²) in [5.74, 6) is -1.73. The summed E-state index contributed by atoms with van der Waals surface area (Å²) in [4.78, 5) is 34.4. The van der Waals surface area contributed by atoms with Crippen LogP contribution in [-0.4, -0.2) is 27.9 Å². The van der Waals surface area contributed by atoms with E-state index < -0.39 is 22.8 Å². The summed E-state index contributed by atoms with van der Waals surface area (Å²) in [6, 6.07) is 10.7. The van der Waals surface area contributed by atoms with Crippen LogP contribution < -0.4 is 5.32 Å². The molecule has 0 spiro atoms. The second-order valence-electron chi connectivity index (χ2n) is 5.77. The fourth-order valence-corrected chi connectivity index (χ4v) is 2.67. The average molecular weight is 342 g/mol. The largest absolute Gasteiger partial charge is 0.480 e. The molecule has 2 aromatic rings. The van der Waals surface area contributed by atoms with Crippen LogP contribution in [0.1, 0.15) is 27.0 Å². The van der Waals surface area contributed by atoms with Crippen LogP contribution in [0.2, 0.25) is 0 Å². The molecule has 2 N–H and O–H groups in total. The highest BCUT2D eigenvalue weighted by Crippen LogP contribution is 2.24. The van der Waals surface area contributed by atoms with Crippen LogP contribution in [-0.2, 0) is 11.2 Å². The first-order valence-electron chi connectivity index (χ1n) is 7.63. The molecule has 0 heterocycles. The number of hydrogen-bond donors (Lipinski definition) is 2. The summed E-state index contributed by atoms with van der Waals surface area (Å²) in [7, 11) is 0. The summed E-state index contributed by atoms with van der Waals surface area (Å²) >= 11 is 0. The first-order valence-corrected chi connectivity index (χ1v) is 7.63. The topological polar surface area (TPSA) is 110 Å². The zero-order valence-electron chi connectivity index (χ0n) is 13.9. The van der Waals surface area contributed by atoms with Crippen molar-refractivity contribution in [1.82, 2.24) is 5.32 Å². The number of nitro benzene ring substituents is 1. The van der Waals surface area contributed by atoms with Gasteiger partial charge < -0.3 is 10.4 Å². The van der Waals surface area contributed by atoms with Crippen molar-refractivity contribution >= 4 is 17.6 Å². The molecule has 0 unspecified atom stereocenters. The lowest BCUT2D eigenvalue weighted by atomic mass is 10.0. The zero-order chi connectivity index (χ0) is 18.6. The Labute approximate surface area is 144 Å². The predicted molar refractivity (Wildman–Crippen MR) is 91.6 cm³/mol.